The normalized spacial score (nSPS) is 14.5. The number of aromatic amines is 1. The molecule has 6 N–H and O–H groups in total. The maximum Gasteiger partial charge on any atom is 0.273 e. The Morgan fingerprint density at radius 1 is 1.38 bits per heavy atom. The highest BCUT2D eigenvalue weighted by atomic mass is 16.2. The summed E-state index contributed by atoms with van der Waals surface area (Å²) in [7, 11) is 0. The van der Waals surface area contributed by atoms with Gasteiger partial charge in [-0.1, -0.05) is 0 Å². The Labute approximate surface area is 121 Å². The van der Waals surface area contributed by atoms with Crippen LogP contribution in [0.15, 0.2) is 10.9 Å². The first kappa shape index (κ1) is 14.9. The third kappa shape index (κ3) is 3.53. The number of nitrogens with zero attached hydrogens (tertiary/aromatic N) is 1. The first-order chi connectivity index (χ1) is 9.99. The molecular weight excluding hydrogens is 274 g/mol. The molecule has 0 saturated carbocycles. The fraction of sp³-hybridized carbons (Fsp3) is 0.462. The topological polar surface area (TPSA) is 134 Å². The van der Waals surface area contributed by atoms with Crippen molar-refractivity contribution in [3.05, 3.63) is 22.1 Å². The second-order valence-corrected chi connectivity index (χ2v) is 4.97. The number of anilines is 2. The van der Waals surface area contributed by atoms with Gasteiger partial charge in [-0.25, -0.2) is 0 Å². The number of nitrogens with two attached hydrogens (primary N) is 2. The third-order valence-corrected chi connectivity index (χ3v) is 3.41. The van der Waals surface area contributed by atoms with Crippen molar-refractivity contribution in [3.63, 3.8) is 0 Å². The minimum Gasteiger partial charge on any atom is -0.397 e. The van der Waals surface area contributed by atoms with Gasteiger partial charge in [0.15, 0.2) is 0 Å². The lowest BCUT2D eigenvalue weighted by atomic mass is 10.2. The molecule has 1 fully saturated rings. The lowest BCUT2D eigenvalue weighted by molar-refractivity contribution is -0.127. The van der Waals surface area contributed by atoms with E-state index in [-0.39, 0.29) is 23.0 Å². The van der Waals surface area contributed by atoms with E-state index in [9.17, 15) is 14.4 Å². The van der Waals surface area contributed by atoms with E-state index in [0.29, 0.717) is 25.9 Å². The zero-order valence-electron chi connectivity index (χ0n) is 11.6. The number of likely N-dealkylation sites (tertiary alicyclic amines) is 1. The molecule has 2 rings (SSSR count). The Morgan fingerprint density at radius 3 is 2.76 bits per heavy atom. The number of carbonyl (C=O) groups is 2. The van der Waals surface area contributed by atoms with Crippen LogP contribution in [0.2, 0.25) is 0 Å². The standard InChI is InChI=1S/C13H19N5O3/c14-8-7-9(17-13(21)11(8)15)12(20)16-4-2-6-18-5-1-3-10(18)19/h7H,1-6,15H2,(H,16,20)(H3,14,17,21). The van der Waals surface area contributed by atoms with Crippen molar-refractivity contribution < 1.29 is 9.59 Å². The van der Waals surface area contributed by atoms with Gasteiger partial charge in [0.1, 0.15) is 11.4 Å². The lowest BCUT2D eigenvalue weighted by Gasteiger charge is -2.15. The van der Waals surface area contributed by atoms with Crippen molar-refractivity contribution >= 4 is 23.2 Å². The van der Waals surface area contributed by atoms with Crippen LogP contribution in [0.5, 0.6) is 0 Å². The monoisotopic (exact) mass is 293 g/mol. The summed E-state index contributed by atoms with van der Waals surface area (Å²) >= 11 is 0. The first-order valence-corrected chi connectivity index (χ1v) is 6.83. The third-order valence-electron chi connectivity index (χ3n) is 3.41. The van der Waals surface area contributed by atoms with E-state index in [0.717, 1.165) is 13.0 Å². The van der Waals surface area contributed by atoms with Gasteiger partial charge in [0, 0.05) is 26.1 Å². The van der Waals surface area contributed by atoms with Crippen LogP contribution in [0.25, 0.3) is 0 Å². The predicted molar refractivity (Wildman–Crippen MR) is 78.7 cm³/mol. The van der Waals surface area contributed by atoms with Crippen LogP contribution in [0.4, 0.5) is 11.4 Å². The Bertz CT molecular complexity index is 610. The molecule has 1 aromatic heterocycles. The predicted octanol–water partition coefficient (Wildman–Crippen LogP) is -0.718. The van der Waals surface area contributed by atoms with E-state index in [1.807, 2.05) is 0 Å². The van der Waals surface area contributed by atoms with Crippen molar-refractivity contribution in [1.29, 1.82) is 0 Å². The van der Waals surface area contributed by atoms with Gasteiger partial charge in [0.05, 0.1) is 5.69 Å². The summed E-state index contributed by atoms with van der Waals surface area (Å²) in [4.78, 5) is 38.8. The van der Waals surface area contributed by atoms with Gasteiger partial charge in [-0.2, -0.15) is 0 Å². The zero-order valence-corrected chi connectivity index (χ0v) is 11.6. The fourth-order valence-corrected chi connectivity index (χ4v) is 2.22. The SMILES string of the molecule is Nc1cc(C(=O)NCCCN2CCCC2=O)[nH]c(=O)c1N. The molecule has 0 atom stereocenters. The highest BCUT2D eigenvalue weighted by molar-refractivity contribution is 5.93. The van der Waals surface area contributed by atoms with Crippen LogP contribution >= 0.6 is 0 Å². The molecular formula is C13H19N5O3. The molecule has 1 saturated heterocycles. The molecule has 0 aliphatic carbocycles. The van der Waals surface area contributed by atoms with Crippen LogP contribution in [-0.4, -0.2) is 41.3 Å². The Hall–Kier alpha value is -2.51. The van der Waals surface area contributed by atoms with Gasteiger partial charge in [-0.3, -0.25) is 14.4 Å². The molecule has 1 aliphatic heterocycles. The molecule has 114 valence electrons. The van der Waals surface area contributed by atoms with Crippen LogP contribution < -0.4 is 22.3 Å². The van der Waals surface area contributed by atoms with Gasteiger partial charge < -0.3 is 26.7 Å². The van der Waals surface area contributed by atoms with Gasteiger partial charge >= 0.3 is 0 Å². The van der Waals surface area contributed by atoms with E-state index < -0.39 is 11.5 Å². The Morgan fingerprint density at radius 2 is 2.14 bits per heavy atom. The van der Waals surface area contributed by atoms with Gasteiger partial charge in [0.2, 0.25) is 5.91 Å². The number of hydrogen-bond donors (Lipinski definition) is 4. The molecule has 8 heteroatoms. The van der Waals surface area contributed by atoms with Crippen molar-refractivity contribution in [2.45, 2.75) is 19.3 Å². The number of nitrogens with one attached hydrogen (secondary N) is 2. The van der Waals surface area contributed by atoms with Crippen LogP contribution in [0.3, 0.4) is 0 Å². The molecule has 1 aliphatic rings. The first-order valence-electron chi connectivity index (χ1n) is 6.83. The summed E-state index contributed by atoms with van der Waals surface area (Å²) in [5.41, 5.74) is 10.4. The molecule has 0 spiro atoms. The second kappa shape index (κ2) is 6.29. The van der Waals surface area contributed by atoms with Gasteiger partial charge in [-0.15, -0.1) is 0 Å². The lowest BCUT2D eigenvalue weighted by Crippen LogP contribution is -2.32. The largest absolute Gasteiger partial charge is 0.397 e. The maximum absolute atomic E-state index is 11.9. The average molecular weight is 293 g/mol. The summed E-state index contributed by atoms with van der Waals surface area (Å²) < 4.78 is 0. The zero-order chi connectivity index (χ0) is 15.4. The van der Waals surface area contributed by atoms with Crippen LogP contribution in [0.1, 0.15) is 29.8 Å². The number of pyridine rings is 1. The number of carbonyl (C=O) groups excluding carboxylic acids is 2. The Kier molecular flexibility index (Phi) is 4.46. The van der Waals surface area contributed by atoms with E-state index in [1.165, 1.54) is 6.07 Å². The van der Waals surface area contributed by atoms with Crippen molar-refractivity contribution in [2.75, 3.05) is 31.1 Å². The summed E-state index contributed by atoms with van der Waals surface area (Å²) in [6.07, 6.45) is 2.17. The number of hydrogen-bond acceptors (Lipinski definition) is 5. The minimum atomic E-state index is -0.581. The van der Waals surface area contributed by atoms with Crippen LogP contribution in [0, 0.1) is 0 Å². The minimum absolute atomic E-state index is 0.0731. The summed E-state index contributed by atoms with van der Waals surface area (Å²) in [6, 6.07) is 1.33. The highest BCUT2D eigenvalue weighted by Crippen LogP contribution is 2.10. The quantitative estimate of drug-likeness (QED) is 0.531. The fourth-order valence-electron chi connectivity index (χ4n) is 2.22. The smallest absolute Gasteiger partial charge is 0.273 e. The van der Waals surface area contributed by atoms with E-state index in [4.69, 9.17) is 11.5 Å². The summed E-state index contributed by atoms with van der Waals surface area (Å²) in [5, 5.41) is 2.67. The van der Waals surface area contributed by atoms with Crippen molar-refractivity contribution in [1.82, 2.24) is 15.2 Å². The van der Waals surface area contributed by atoms with Crippen LogP contribution in [-0.2, 0) is 4.79 Å². The molecule has 0 bridgehead atoms. The summed E-state index contributed by atoms with van der Waals surface area (Å²) in [5.74, 6) is -0.261. The van der Waals surface area contributed by atoms with E-state index >= 15 is 0 Å². The molecule has 1 aromatic rings. The molecule has 2 amide bonds. The molecule has 21 heavy (non-hydrogen) atoms. The molecule has 0 radical (unpaired) electrons. The summed E-state index contributed by atoms with van der Waals surface area (Å²) in [6.45, 7) is 1.82. The second-order valence-electron chi connectivity index (χ2n) is 4.97. The highest BCUT2D eigenvalue weighted by Gasteiger charge is 2.19. The van der Waals surface area contributed by atoms with Gasteiger partial charge in [0.25, 0.3) is 11.5 Å². The molecule has 0 unspecified atom stereocenters. The number of aromatic nitrogens is 1. The number of nitrogen functional groups attached to an aromatic ring is 2. The maximum atomic E-state index is 11.9. The Balaban J connectivity index is 1.82. The van der Waals surface area contributed by atoms with E-state index in [1.54, 1.807) is 4.90 Å². The number of rotatable bonds is 5. The number of amides is 2. The number of H-pyrrole nitrogens is 1. The molecule has 2 heterocycles. The van der Waals surface area contributed by atoms with Crippen molar-refractivity contribution in [2.24, 2.45) is 0 Å². The average Bonchev–Trinajstić information content (AvgIpc) is 2.85. The van der Waals surface area contributed by atoms with Crippen molar-refractivity contribution in [3.8, 4) is 0 Å². The van der Waals surface area contributed by atoms with Gasteiger partial charge in [-0.05, 0) is 18.9 Å². The molecule has 0 aromatic carbocycles. The van der Waals surface area contributed by atoms with E-state index in [2.05, 4.69) is 10.3 Å². The molecule has 8 nitrogen and oxygen atoms in total.